The third-order valence-corrected chi connectivity index (χ3v) is 4.28. The predicted octanol–water partition coefficient (Wildman–Crippen LogP) is 1.80. The molecule has 1 saturated carbocycles. The van der Waals surface area contributed by atoms with Gasteiger partial charge in [0.2, 0.25) is 0 Å². The molecule has 1 heterocycles. The third-order valence-electron chi connectivity index (χ3n) is 4.28. The summed E-state index contributed by atoms with van der Waals surface area (Å²) in [5, 5.41) is 9.18. The summed E-state index contributed by atoms with van der Waals surface area (Å²) in [7, 11) is 0. The van der Waals surface area contributed by atoms with Gasteiger partial charge in [-0.15, -0.1) is 0 Å². The number of pyridine rings is 1. The van der Waals surface area contributed by atoms with Gasteiger partial charge in [-0.25, -0.2) is 0 Å². The summed E-state index contributed by atoms with van der Waals surface area (Å²) in [6.07, 6.45) is 3.58. The highest BCUT2D eigenvalue weighted by Crippen LogP contribution is 2.27. The van der Waals surface area contributed by atoms with Crippen molar-refractivity contribution >= 4 is 5.91 Å². The Morgan fingerprint density at radius 2 is 2.08 bits per heavy atom. The molecule has 24 heavy (non-hydrogen) atoms. The minimum atomic E-state index is -0.285. The first-order chi connectivity index (χ1) is 11.6. The summed E-state index contributed by atoms with van der Waals surface area (Å²) >= 11 is 0. The molecule has 1 aliphatic carbocycles. The molecule has 0 saturated heterocycles. The molecule has 1 aromatic heterocycles. The number of nitrogens with zero attached hydrogens (tertiary/aromatic N) is 2. The van der Waals surface area contributed by atoms with E-state index >= 15 is 0 Å². The van der Waals surface area contributed by atoms with Gasteiger partial charge in [-0.05, 0) is 37.5 Å². The van der Waals surface area contributed by atoms with Crippen molar-refractivity contribution in [2.24, 2.45) is 0 Å². The molecule has 1 N–H and O–H groups in total. The van der Waals surface area contributed by atoms with Crippen molar-refractivity contribution in [2.45, 2.75) is 32.4 Å². The Balaban J connectivity index is 1.87. The van der Waals surface area contributed by atoms with Gasteiger partial charge in [-0.3, -0.25) is 9.59 Å². The first kappa shape index (κ1) is 16.5. The number of rotatable bonds is 6. The normalized spacial score (nSPS) is 13.8. The van der Waals surface area contributed by atoms with Crippen LogP contribution in [0.3, 0.4) is 0 Å². The van der Waals surface area contributed by atoms with Crippen LogP contribution in [0.25, 0.3) is 0 Å². The van der Waals surface area contributed by atoms with Crippen LogP contribution in [0.15, 0.2) is 47.4 Å². The highest BCUT2D eigenvalue weighted by atomic mass is 16.3. The first-order valence-electron chi connectivity index (χ1n) is 8.27. The number of hydrogen-bond acceptors (Lipinski definition) is 3. The molecule has 0 atom stereocenters. The zero-order valence-corrected chi connectivity index (χ0v) is 13.8. The molecule has 2 aromatic rings. The molecule has 126 valence electrons. The lowest BCUT2D eigenvalue weighted by atomic mass is 10.1. The Morgan fingerprint density at radius 3 is 2.75 bits per heavy atom. The topological polar surface area (TPSA) is 62.5 Å². The summed E-state index contributed by atoms with van der Waals surface area (Å²) in [6, 6.07) is 11.4. The second-order valence-corrected chi connectivity index (χ2v) is 6.30. The number of aromatic nitrogens is 1. The maximum atomic E-state index is 12.7. The minimum absolute atomic E-state index is 0.0907. The number of amides is 1. The average molecular weight is 326 g/mol. The van der Waals surface area contributed by atoms with Crippen LogP contribution in [0.1, 0.15) is 34.3 Å². The highest BCUT2D eigenvalue weighted by Gasteiger charge is 2.33. The quantitative estimate of drug-likeness (QED) is 0.880. The molecule has 1 amide bonds. The number of hydrogen-bond donors (Lipinski definition) is 1. The maximum absolute atomic E-state index is 12.7. The van der Waals surface area contributed by atoms with Crippen LogP contribution in [0.4, 0.5) is 0 Å². The zero-order chi connectivity index (χ0) is 17.1. The number of aryl methyl sites for hydroxylation is 1. The highest BCUT2D eigenvalue weighted by molar-refractivity contribution is 5.94. The summed E-state index contributed by atoms with van der Waals surface area (Å²) < 4.78 is 1.56. The molecular formula is C19H22N2O3. The fourth-order valence-electron chi connectivity index (χ4n) is 2.93. The Labute approximate surface area is 141 Å². The van der Waals surface area contributed by atoms with Crippen LogP contribution < -0.4 is 5.56 Å². The van der Waals surface area contributed by atoms with Crippen molar-refractivity contribution in [2.75, 3.05) is 13.2 Å². The van der Waals surface area contributed by atoms with E-state index in [1.807, 2.05) is 31.2 Å². The predicted molar refractivity (Wildman–Crippen MR) is 92.1 cm³/mol. The lowest BCUT2D eigenvalue weighted by Crippen LogP contribution is -2.39. The monoisotopic (exact) mass is 326 g/mol. The largest absolute Gasteiger partial charge is 0.395 e. The average Bonchev–Trinajstić information content (AvgIpc) is 3.39. The second-order valence-electron chi connectivity index (χ2n) is 6.30. The van der Waals surface area contributed by atoms with E-state index in [1.165, 1.54) is 0 Å². The number of aliphatic hydroxyl groups excluding tert-OH is 1. The van der Waals surface area contributed by atoms with Crippen LogP contribution in [0.2, 0.25) is 0 Å². The molecule has 0 radical (unpaired) electrons. The molecule has 5 nitrogen and oxygen atoms in total. The zero-order valence-electron chi connectivity index (χ0n) is 13.8. The van der Waals surface area contributed by atoms with E-state index in [9.17, 15) is 14.7 Å². The van der Waals surface area contributed by atoms with Crippen LogP contribution in [-0.4, -0.2) is 39.7 Å². The van der Waals surface area contributed by atoms with Gasteiger partial charge < -0.3 is 14.6 Å². The smallest absolute Gasteiger partial charge is 0.263 e. The molecular weight excluding hydrogens is 304 g/mol. The number of carbonyl (C=O) groups excluding carboxylic acids is 1. The van der Waals surface area contributed by atoms with Crippen molar-refractivity contribution in [1.29, 1.82) is 0 Å². The molecule has 1 aromatic carbocycles. The Bertz CT molecular complexity index is 793. The van der Waals surface area contributed by atoms with Crippen LogP contribution in [-0.2, 0) is 6.54 Å². The van der Waals surface area contributed by atoms with Crippen molar-refractivity contribution in [1.82, 2.24) is 9.47 Å². The molecule has 0 bridgehead atoms. The van der Waals surface area contributed by atoms with Crippen molar-refractivity contribution in [3.63, 3.8) is 0 Å². The van der Waals surface area contributed by atoms with Crippen molar-refractivity contribution in [3.05, 3.63) is 69.6 Å². The van der Waals surface area contributed by atoms with Gasteiger partial charge in [0.1, 0.15) is 5.56 Å². The lowest BCUT2D eigenvalue weighted by molar-refractivity contribution is 0.0705. The Hall–Kier alpha value is -2.40. The molecule has 0 spiro atoms. The van der Waals surface area contributed by atoms with Crippen LogP contribution >= 0.6 is 0 Å². The van der Waals surface area contributed by atoms with E-state index < -0.39 is 0 Å². The third kappa shape index (κ3) is 3.57. The van der Waals surface area contributed by atoms with Gasteiger partial charge in [0, 0.05) is 18.8 Å². The fraction of sp³-hybridized carbons (Fsp3) is 0.368. The van der Waals surface area contributed by atoms with Crippen LogP contribution in [0, 0.1) is 6.92 Å². The standard InChI is InChI=1S/C19H22N2O3/c1-14-4-2-5-15(12-14)13-20-9-3-6-17(18(20)23)19(24)21(10-11-22)16-7-8-16/h2-6,9,12,16,22H,7-8,10-11,13H2,1H3. The van der Waals surface area contributed by atoms with E-state index in [-0.39, 0.29) is 36.2 Å². The van der Waals surface area contributed by atoms with Gasteiger partial charge in [0.05, 0.1) is 13.2 Å². The van der Waals surface area contributed by atoms with E-state index in [0.717, 1.165) is 24.0 Å². The summed E-state index contributed by atoms with van der Waals surface area (Å²) in [4.78, 5) is 27.0. The fourth-order valence-corrected chi connectivity index (χ4v) is 2.93. The number of aliphatic hydroxyl groups is 1. The minimum Gasteiger partial charge on any atom is -0.395 e. The molecule has 0 unspecified atom stereocenters. The Morgan fingerprint density at radius 1 is 1.29 bits per heavy atom. The molecule has 0 aliphatic heterocycles. The van der Waals surface area contributed by atoms with Crippen molar-refractivity contribution in [3.8, 4) is 0 Å². The van der Waals surface area contributed by atoms with E-state index in [4.69, 9.17) is 0 Å². The van der Waals surface area contributed by atoms with E-state index in [0.29, 0.717) is 6.54 Å². The second kappa shape index (κ2) is 7.01. The lowest BCUT2D eigenvalue weighted by Gasteiger charge is -2.21. The first-order valence-corrected chi connectivity index (χ1v) is 8.27. The van der Waals surface area contributed by atoms with E-state index in [1.54, 1.807) is 27.8 Å². The van der Waals surface area contributed by atoms with Gasteiger partial charge in [-0.2, -0.15) is 0 Å². The molecule has 5 heteroatoms. The van der Waals surface area contributed by atoms with Gasteiger partial charge in [-0.1, -0.05) is 29.8 Å². The number of carbonyl (C=O) groups is 1. The van der Waals surface area contributed by atoms with E-state index in [2.05, 4.69) is 0 Å². The summed E-state index contributed by atoms with van der Waals surface area (Å²) in [6.45, 7) is 2.63. The maximum Gasteiger partial charge on any atom is 0.263 e. The number of benzene rings is 1. The van der Waals surface area contributed by atoms with Gasteiger partial charge in [0.25, 0.3) is 11.5 Å². The van der Waals surface area contributed by atoms with Crippen LogP contribution in [0.5, 0.6) is 0 Å². The molecule has 1 fully saturated rings. The van der Waals surface area contributed by atoms with Gasteiger partial charge >= 0.3 is 0 Å². The summed E-state index contributed by atoms with van der Waals surface area (Å²) in [5.41, 5.74) is 2.05. The Kier molecular flexibility index (Phi) is 4.81. The molecule has 1 aliphatic rings. The summed E-state index contributed by atoms with van der Waals surface area (Å²) in [5.74, 6) is -0.282. The molecule has 3 rings (SSSR count). The SMILES string of the molecule is Cc1cccc(Cn2cccc(C(=O)N(CCO)C3CC3)c2=O)c1. The van der Waals surface area contributed by atoms with Gasteiger partial charge in [0.15, 0.2) is 0 Å². The van der Waals surface area contributed by atoms with Crippen molar-refractivity contribution < 1.29 is 9.90 Å².